The van der Waals surface area contributed by atoms with Crippen LogP contribution in [0.4, 0.5) is 13.6 Å². The van der Waals surface area contributed by atoms with Gasteiger partial charge >= 0.3 is 18.5 Å². The number of halogens is 2. The summed E-state index contributed by atoms with van der Waals surface area (Å²) in [6.07, 6.45) is -3.53. The van der Waals surface area contributed by atoms with E-state index in [1.165, 1.54) is 14.0 Å². The molecule has 0 atom stereocenters. The maximum atomic E-state index is 12.3. The SMILES string of the molecule is CCOC(=O)/C(=C/N(C)NC(=O)OC)C(=O)C(F)F. The summed E-state index contributed by atoms with van der Waals surface area (Å²) in [4.78, 5) is 33.4. The maximum Gasteiger partial charge on any atom is 0.425 e. The molecule has 108 valence electrons. The molecule has 7 nitrogen and oxygen atoms in total. The molecule has 0 heterocycles. The summed E-state index contributed by atoms with van der Waals surface area (Å²) in [5.74, 6) is -2.90. The summed E-state index contributed by atoms with van der Waals surface area (Å²) in [5.41, 5.74) is 1.16. The van der Waals surface area contributed by atoms with Crippen LogP contribution in [0.3, 0.4) is 0 Å². The Bertz CT molecular complexity index is 384. The van der Waals surface area contributed by atoms with Crippen LogP contribution in [-0.2, 0) is 19.1 Å². The van der Waals surface area contributed by atoms with Gasteiger partial charge in [0.05, 0.1) is 13.7 Å². The molecule has 0 unspecified atom stereocenters. The maximum absolute atomic E-state index is 12.3. The van der Waals surface area contributed by atoms with Gasteiger partial charge in [-0.05, 0) is 6.92 Å². The lowest BCUT2D eigenvalue weighted by Gasteiger charge is -2.16. The van der Waals surface area contributed by atoms with Crippen LogP contribution in [0.25, 0.3) is 0 Å². The molecule has 0 rings (SSSR count). The average molecular weight is 280 g/mol. The molecule has 0 saturated carbocycles. The van der Waals surface area contributed by atoms with Gasteiger partial charge in [0.15, 0.2) is 0 Å². The molecule has 0 fully saturated rings. The van der Waals surface area contributed by atoms with Gasteiger partial charge in [-0.1, -0.05) is 0 Å². The number of ether oxygens (including phenoxy) is 2. The number of carbonyl (C=O) groups excluding carboxylic acids is 3. The number of alkyl halides is 2. The highest BCUT2D eigenvalue weighted by molar-refractivity contribution is 6.18. The number of ketones is 1. The molecule has 19 heavy (non-hydrogen) atoms. The number of rotatable bonds is 6. The second kappa shape index (κ2) is 8.01. The van der Waals surface area contributed by atoms with Gasteiger partial charge in [0.2, 0.25) is 5.78 Å². The van der Waals surface area contributed by atoms with E-state index in [4.69, 9.17) is 0 Å². The molecule has 1 amide bonds. The van der Waals surface area contributed by atoms with Crippen molar-refractivity contribution in [2.24, 2.45) is 0 Å². The molecule has 0 spiro atoms. The minimum absolute atomic E-state index is 0.0825. The number of hydrazine groups is 1. The Morgan fingerprint density at radius 2 is 1.95 bits per heavy atom. The molecule has 0 aliphatic rings. The molecule has 9 heteroatoms. The van der Waals surface area contributed by atoms with E-state index >= 15 is 0 Å². The van der Waals surface area contributed by atoms with Crippen molar-refractivity contribution in [3.05, 3.63) is 11.8 Å². The molecule has 1 N–H and O–H groups in total. The number of carbonyl (C=O) groups is 3. The summed E-state index contributed by atoms with van der Waals surface area (Å²) in [5, 5.41) is 0.832. The Hall–Kier alpha value is -2.19. The molecule has 0 aliphatic carbocycles. The Morgan fingerprint density at radius 1 is 1.37 bits per heavy atom. The molecule has 0 radical (unpaired) electrons. The summed E-state index contributed by atoms with van der Waals surface area (Å²) in [6, 6.07) is 0. The van der Waals surface area contributed by atoms with Crippen LogP contribution in [0.2, 0.25) is 0 Å². The predicted molar refractivity (Wildman–Crippen MR) is 59.0 cm³/mol. The molecule has 0 saturated heterocycles. The average Bonchev–Trinajstić information content (AvgIpc) is 2.34. The molecular formula is C10H14F2N2O5. The van der Waals surface area contributed by atoms with E-state index in [0.717, 1.165) is 18.3 Å². The van der Waals surface area contributed by atoms with Crippen LogP contribution >= 0.6 is 0 Å². The number of Topliss-reactive ketones (excluding diaryl/α,β-unsaturated/α-hetero) is 1. The first-order chi connectivity index (χ1) is 8.83. The van der Waals surface area contributed by atoms with Crippen LogP contribution in [-0.4, -0.2) is 50.0 Å². The zero-order valence-corrected chi connectivity index (χ0v) is 10.6. The second-order valence-electron chi connectivity index (χ2n) is 3.14. The Labute approximate surface area is 108 Å². The molecule has 0 bridgehead atoms. The quantitative estimate of drug-likeness (QED) is 0.250. The van der Waals surface area contributed by atoms with E-state index in [2.05, 4.69) is 9.47 Å². The van der Waals surface area contributed by atoms with Gasteiger partial charge in [0, 0.05) is 13.2 Å². The largest absolute Gasteiger partial charge is 0.462 e. The minimum atomic E-state index is -3.36. The first-order valence-electron chi connectivity index (χ1n) is 5.12. The van der Waals surface area contributed by atoms with E-state index in [9.17, 15) is 23.2 Å². The third kappa shape index (κ3) is 5.80. The first-order valence-corrected chi connectivity index (χ1v) is 5.12. The second-order valence-corrected chi connectivity index (χ2v) is 3.14. The van der Waals surface area contributed by atoms with Crippen molar-refractivity contribution in [1.82, 2.24) is 10.4 Å². The van der Waals surface area contributed by atoms with Crippen molar-refractivity contribution < 1.29 is 32.6 Å². The number of amides is 1. The highest BCUT2D eigenvalue weighted by atomic mass is 19.3. The summed E-state index contributed by atoms with van der Waals surface area (Å²) >= 11 is 0. The zero-order valence-electron chi connectivity index (χ0n) is 10.6. The van der Waals surface area contributed by atoms with Crippen molar-refractivity contribution in [3.63, 3.8) is 0 Å². The van der Waals surface area contributed by atoms with Gasteiger partial charge in [0.1, 0.15) is 5.57 Å². The van der Waals surface area contributed by atoms with E-state index < -0.39 is 29.8 Å². The van der Waals surface area contributed by atoms with Gasteiger partial charge < -0.3 is 9.47 Å². The topological polar surface area (TPSA) is 84.9 Å². The van der Waals surface area contributed by atoms with Crippen molar-refractivity contribution in [2.75, 3.05) is 20.8 Å². The number of hydrogen-bond acceptors (Lipinski definition) is 6. The fourth-order valence-electron chi connectivity index (χ4n) is 0.959. The van der Waals surface area contributed by atoms with Gasteiger partial charge in [-0.25, -0.2) is 23.8 Å². The lowest BCUT2D eigenvalue weighted by Crippen LogP contribution is -2.37. The Kier molecular flexibility index (Phi) is 7.08. The summed E-state index contributed by atoms with van der Waals surface area (Å²) in [7, 11) is 2.30. The van der Waals surface area contributed by atoms with Crippen LogP contribution in [0.15, 0.2) is 11.8 Å². The number of nitrogens with one attached hydrogen (secondary N) is 1. The number of nitrogens with zero attached hydrogens (tertiary/aromatic N) is 1. The minimum Gasteiger partial charge on any atom is -0.462 e. The number of hydrogen-bond donors (Lipinski definition) is 1. The Morgan fingerprint density at radius 3 is 2.37 bits per heavy atom. The van der Waals surface area contributed by atoms with E-state index in [1.807, 2.05) is 5.43 Å². The van der Waals surface area contributed by atoms with Crippen LogP contribution in [0, 0.1) is 0 Å². The molecule has 0 aromatic heterocycles. The molecule has 0 aliphatic heterocycles. The van der Waals surface area contributed by atoms with Gasteiger partial charge in [0.25, 0.3) is 0 Å². The Balaban J connectivity index is 5.06. The van der Waals surface area contributed by atoms with Gasteiger partial charge in [-0.2, -0.15) is 0 Å². The third-order valence-electron chi connectivity index (χ3n) is 1.73. The lowest BCUT2D eigenvalue weighted by molar-refractivity contribution is -0.141. The van der Waals surface area contributed by atoms with Crippen molar-refractivity contribution in [2.45, 2.75) is 13.3 Å². The molecule has 0 aromatic carbocycles. The van der Waals surface area contributed by atoms with Gasteiger partial charge in [-0.3, -0.25) is 9.80 Å². The van der Waals surface area contributed by atoms with Crippen molar-refractivity contribution in [3.8, 4) is 0 Å². The smallest absolute Gasteiger partial charge is 0.425 e. The normalized spacial score (nSPS) is 10.9. The van der Waals surface area contributed by atoms with E-state index in [-0.39, 0.29) is 6.61 Å². The lowest BCUT2D eigenvalue weighted by atomic mass is 10.2. The van der Waals surface area contributed by atoms with Crippen molar-refractivity contribution in [1.29, 1.82) is 0 Å². The monoisotopic (exact) mass is 280 g/mol. The standard InChI is InChI=1S/C10H14F2N2O5/c1-4-19-9(16)6(7(15)8(11)12)5-14(2)13-10(17)18-3/h5,8H,4H2,1-3H3,(H,13,17)/b6-5+. The van der Waals surface area contributed by atoms with Crippen LogP contribution in [0.5, 0.6) is 0 Å². The number of methoxy groups -OCH3 is 1. The predicted octanol–water partition coefficient (Wildman–Crippen LogP) is 0.470. The van der Waals surface area contributed by atoms with Crippen LogP contribution < -0.4 is 5.43 Å². The first kappa shape index (κ1) is 16.8. The van der Waals surface area contributed by atoms with Crippen molar-refractivity contribution >= 4 is 17.8 Å². The summed E-state index contributed by atoms with van der Waals surface area (Å²) in [6.45, 7) is 1.37. The molecule has 0 aromatic rings. The fraction of sp³-hybridized carbons (Fsp3) is 0.500. The summed E-state index contributed by atoms with van der Waals surface area (Å²) < 4.78 is 33.4. The highest BCUT2D eigenvalue weighted by Gasteiger charge is 2.28. The molecular weight excluding hydrogens is 266 g/mol. The number of esters is 1. The van der Waals surface area contributed by atoms with E-state index in [0.29, 0.717) is 0 Å². The third-order valence-corrected chi connectivity index (χ3v) is 1.73. The zero-order chi connectivity index (χ0) is 15.0. The van der Waals surface area contributed by atoms with Crippen LogP contribution in [0.1, 0.15) is 6.92 Å². The fourth-order valence-corrected chi connectivity index (χ4v) is 0.959. The highest BCUT2D eigenvalue weighted by Crippen LogP contribution is 2.08. The van der Waals surface area contributed by atoms with E-state index in [1.54, 1.807) is 0 Å². The van der Waals surface area contributed by atoms with Gasteiger partial charge in [-0.15, -0.1) is 0 Å².